The highest BCUT2D eigenvalue weighted by Gasteiger charge is 2.30. The second-order valence-corrected chi connectivity index (χ2v) is 5.39. The van der Waals surface area contributed by atoms with E-state index in [4.69, 9.17) is 16.7 Å². The van der Waals surface area contributed by atoms with Gasteiger partial charge in [-0.25, -0.2) is 0 Å². The van der Waals surface area contributed by atoms with E-state index in [1.807, 2.05) is 6.92 Å². The van der Waals surface area contributed by atoms with Gasteiger partial charge in [0.05, 0.1) is 5.92 Å². The summed E-state index contributed by atoms with van der Waals surface area (Å²) in [6, 6.07) is 5.09. The highest BCUT2D eigenvalue weighted by Crippen LogP contribution is 2.26. The SMILES string of the molecule is Cc1ccc(C(=O)N[C@H]2CC[C@@H](C(=O)O)C2)cc1Cl. The molecule has 19 heavy (non-hydrogen) atoms. The van der Waals surface area contributed by atoms with Crippen LogP contribution < -0.4 is 5.32 Å². The lowest BCUT2D eigenvalue weighted by Gasteiger charge is -2.13. The molecule has 1 aromatic rings. The van der Waals surface area contributed by atoms with Crippen LogP contribution in [0.2, 0.25) is 5.02 Å². The molecule has 102 valence electrons. The molecule has 5 heteroatoms. The molecule has 0 spiro atoms. The average molecular weight is 282 g/mol. The lowest BCUT2D eigenvalue weighted by Crippen LogP contribution is -2.33. The molecule has 0 unspecified atom stereocenters. The predicted octanol–water partition coefficient (Wildman–Crippen LogP) is 2.63. The number of halogens is 1. The van der Waals surface area contributed by atoms with E-state index in [2.05, 4.69) is 5.32 Å². The number of hydrogen-bond acceptors (Lipinski definition) is 2. The summed E-state index contributed by atoms with van der Waals surface area (Å²) in [5.74, 6) is -1.32. The molecule has 4 nitrogen and oxygen atoms in total. The van der Waals surface area contributed by atoms with Crippen molar-refractivity contribution >= 4 is 23.5 Å². The Kier molecular flexibility index (Phi) is 4.10. The van der Waals surface area contributed by atoms with Gasteiger partial charge >= 0.3 is 5.97 Å². The number of nitrogens with one attached hydrogen (secondary N) is 1. The third-order valence-corrected chi connectivity index (χ3v) is 3.96. The Bertz CT molecular complexity index is 515. The van der Waals surface area contributed by atoms with Gasteiger partial charge in [-0.2, -0.15) is 0 Å². The van der Waals surface area contributed by atoms with Crippen LogP contribution in [0.1, 0.15) is 35.2 Å². The van der Waals surface area contributed by atoms with Crippen molar-refractivity contribution in [2.45, 2.75) is 32.2 Å². The van der Waals surface area contributed by atoms with E-state index in [0.29, 0.717) is 29.8 Å². The van der Waals surface area contributed by atoms with E-state index >= 15 is 0 Å². The second-order valence-electron chi connectivity index (χ2n) is 4.98. The fourth-order valence-corrected chi connectivity index (χ4v) is 2.52. The molecular formula is C14H16ClNO3. The van der Waals surface area contributed by atoms with E-state index in [0.717, 1.165) is 5.56 Å². The average Bonchev–Trinajstić information content (AvgIpc) is 2.81. The number of carboxylic acid groups (broad SMARTS) is 1. The zero-order chi connectivity index (χ0) is 14.0. The van der Waals surface area contributed by atoms with Crippen LogP contribution in [0.4, 0.5) is 0 Å². The zero-order valence-electron chi connectivity index (χ0n) is 10.6. The van der Waals surface area contributed by atoms with Crippen molar-refractivity contribution in [3.63, 3.8) is 0 Å². The number of benzene rings is 1. The molecule has 2 atom stereocenters. The summed E-state index contributed by atoms with van der Waals surface area (Å²) in [5, 5.41) is 12.3. The van der Waals surface area contributed by atoms with Crippen LogP contribution in [-0.2, 0) is 4.79 Å². The van der Waals surface area contributed by atoms with Crippen LogP contribution in [0.25, 0.3) is 0 Å². The van der Waals surface area contributed by atoms with Gasteiger partial charge in [0.25, 0.3) is 5.91 Å². The van der Waals surface area contributed by atoms with Gasteiger partial charge in [-0.05, 0) is 43.9 Å². The van der Waals surface area contributed by atoms with Crippen molar-refractivity contribution in [1.82, 2.24) is 5.32 Å². The first-order chi connectivity index (χ1) is 8.97. The van der Waals surface area contributed by atoms with Gasteiger partial charge in [0.2, 0.25) is 0 Å². The van der Waals surface area contributed by atoms with Gasteiger partial charge in [-0.15, -0.1) is 0 Å². The molecule has 1 amide bonds. The number of rotatable bonds is 3. The quantitative estimate of drug-likeness (QED) is 0.895. The van der Waals surface area contributed by atoms with Gasteiger partial charge in [-0.3, -0.25) is 9.59 Å². The number of hydrogen-bond donors (Lipinski definition) is 2. The van der Waals surface area contributed by atoms with Crippen molar-refractivity contribution in [2.75, 3.05) is 0 Å². The summed E-state index contributed by atoms with van der Waals surface area (Å²) in [5.41, 5.74) is 1.43. The Morgan fingerprint density at radius 2 is 2.11 bits per heavy atom. The fraction of sp³-hybridized carbons (Fsp3) is 0.429. The summed E-state index contributed by atoms with van der Waals surface area (Å²) in [4.78, 5) is 22.9. The summed E-state index contributed by atoms with van der Waals surface area (Å²) in [6.45, 7) is 1.87. The molecule has 2 N–H and O–H groups in total. The van der Waals surface area contributed by atoms with Gasteiger partial charge in [0.1, 0.15) is 0 Å². The van der Waals surface area contributed by atoms with Crippen molar-refractivity contribution in [1.29, 1.82) is 0 Å². The molecule has 1 fully saturated rings. The lowest BCUT2D eigenvalue weighted by molar-refractivity contribution is -0.141. The van der Waals surface area contributed by atoms with E-state index < -0.39 is 5.97 Å². The zero-order valence-corrected chi connectivity index (χ0v) is 11.4. The minimum Gasteiger partial charge on any atom is -0.481 e. The molecule has 1 aliphatic rings. The number of carboxylic acids is 1. The molecule has 0 aromatic heterocycles. The normalized spacial score (nSPS) is 22.2. The van der Waals surface area contributed by atoms with Gasteiger partial charge < -0.3 is 10.4 Å². The number of aryl methyl sites for hydroxylation is 1. The Morgan fingerprint density at radius 3 is 2.68 bits per heavy atom. The summed E-state index contributed by atoms with van der Waals surface area (Å²) < 4.78 is 0. The van der Waals surface area contributed by atoms with E-state index in [1.165, 1.54) is 0 Å². The molecule has 0 bridgehead atoms. The summed E-state index contributed by atoms with van der Waals surface area (Å²) in [7, 11) is 0. The number of amides is 1. The number of carbonyl (C=O) groups excluding carboxylic acids is 1. The Hall–Kier alpha value is -1.55. The fourth-order valence-electron chi connectivity index (χ4n) is 2.34. The van der Waals surface area contributed by atoms with Crippen LogP contribution in [0, 0.1) is 12.8 Å². The smallest absolute Gasteiger partial charge is 0.306 e. The molecule has 0 heterocycles. The van der Waals surface area contributed by atoms with Crippen molar-refractivity contribution < 1.29 is 14.7 Å². The van der Waals surface area contributed by atoms with Crippen LogP contribution in [-0.4, -0.2) is 23.0 Å². The Labute approximate surface area is 116 Å². The van der Waals surface area contributed by atoms with Crippen molar-refractivity contribution in [3.8, 4) is 0 Å². The topological polar surface area (TPSA) is 66.4 Å². The lowest BCUT2D eigenvalue weighted by atomic mass is 10.1. The van der Waals surface area contributed by atoms with Crippen LogP contribution in [0.15, 0.2) is 18.2 Å². The minimum absolute atomic E-state index is 0.0614. The van der Waals surface area contributed by atoms with Crippen LogP contribution in [0.3, 0.4) is 0 Å². The van der Waals surface area contributed by atoms with Crippen molar-refractivity contribution in [2.24, 2.45) is 5.92 Å². The summed E-state index contributed by atoms with van der Waals surface area (Å²) >= 11 is 5.98. The first-order valence-corrected chi connectivity index (χ1v) is 6.65. The van der Waals surface area contributed by atoms with E-state index in [-0.39, 0.29) is 17.9 Å². The third kappa shape index (κ3) is 3.26. The maximum Gasteiger partial charge on any atom is 0.306 e. The highest BCUT2D eigenvalue weighted by molar-refractivity contribution is 6.31. The largest absolute Gasteiger partial charge is 0.481 e. The van der Waals surface area contributed by atoms with Gasteiger partial charge in [-0.1, -0.05) is 17.7 Å². The molecule has 1 saturated carbocycles. The standard InChI is InChI=1S/C14H16ClNO3/c1-8-2-3-9(7-12(8)15)13(17)16-11-5-4-10(6-11)14(18)19/h2-3,7,10-11H,4-6H2,1H3,(H,16,17)(H,18,19)/t10-,11+/m1/s1. The monoisotopic (exact) mass is 281 g/mol. The molecule has 0 radical (unpaired) electrons. The summed E-state index contributed by atoms with van der Waals surface area (Å²) in [6.07, 6.45) is 1.83. The predicted molar refractivity (Wildman–Crippen MR) is 72.4 cm³/mol. The first-order valence-electron chi connectivity index (χ1n) is 6.27. The maximum atomic E-state index is 12.0. The molecule has 1 aliphatic carbocycles. The molecule has 2 rings (SSSR count). The first kappa shape index (κ1) is 13.9. The number of carbonyl (C=O) groups is 2. The number of aliphatic carboxylic acids is 1. The molecule has 1 aromatic carbocycles. The van der Waals surface area contributed by atoms with Crippen LogP contribution >= 0.6 is 11.6 Å². The van der Waals surface area contributed by atoms with E-state index in [1.54, 1.807) is 18.2 Å². The van der Waals surface area contributed by atoms with Crippen molar-refractivity contribution in [3.05, 3.63) is 34.3 Å². The van der Waals surface area contributed by atoms with Crippen LogP contribution in [0.5, 0.6) is 0 Å². The van der Waals surface area contributed by atoms with Gasteiger partial charge in [0.15, 0.2) is 0 Å². The molecule has 0 aliphatic heterocycles. The maximum absolute atomic E-state index is 12.0. The Balaban J connectivity index is 1.98. The van der Waals surface area contributed by atoms with E-state index in [9.17, 15) is 9.59 Å². The van der Waals surface area contributed by atoms with Gasteiger partial charge in [0, 0.05) is 16.6 Å². The molecule has 0 saturated heterocycles. The Morgan fingerprint density at radius 1 is 1.37 bits per heavy atom. The highest BCUT2D eigenvalue weighted by atomic mass is 35.5. The third-order valence-electron chi connectivity index (χ3n) is 3.55. The minimum atomic E-state index is -0.782. The second kappa shape index (κ2) is 5.61. The molecular weight excluding hydrogens is 266 g/mol.